The fourth-order valence-electron chi connectivity index (χ4n) is 2.29. The summed E-state index contributed by atoms with van der Waals surface area (Å²) in [6.07, 6.45) is 0. The van der Waals surface area contributed by atoms with Gasteiger partial charge in [0.25, 0.3) is 0 Å². The van der Waals surface area contributed by atoms with Crippen molar-refractivity contribution >= 4 is 37.9 Å². The van der Waals surface area contributed by atoms with Gasteiger partial charge >= 0.3 is 0 Å². The third-order valence-electron chi connectivity index (χ3n) is 3.19. The molecule has 3 rings (SSSR count). The van der Waals surface area contributed by atoms with Crippen LogP contribution in [0.2, 0.25) is 0 Å². The Hall–Kier alpha value is -1.82. The molecule has 0 aliphatic carbocycles. The van der Waals surface area contributed by atoms with E-state index in [0.29, 0.717) is 21.9 Å². The molecule has 3 aromatic rings. The molecule has 0 unspecified atom stereocenters. The van der Waals surface area contributed by atoms with Gasteiger partial charge in [-0.3, -0.25) is 0 Å². The summed E-state index contributed by atoms with van der Waals surface area (Å²) >= 11 is 3.23. The van der Waals surface area contributed by atoms with E-state index >= 15 is 0 Å². The first-order chi connectivity index (χ1) is 10.1. The molecule has 0 aliphatic heterocycles. The van der Waals surface area contributed by atoms with E-state index in [9.17, 15) is 8.78 Å². The normalized spacial score (nSPS) is 11.3. The second-order valence-electron chi connectivity index (χ2n) is 4.37. The third-order valence-corrected chi connectivity index (χ3v) is 3.78. The first-order valence-electron chi connectivity index (χ1n) is 6.28. The molecule has 1 heterocycles. The van der Waals surface area contributed by atoms with Crippen LogP contribution in [0.3, 0.4) is 0 Å². The molecule has 0 fully saturated rings. The summed E-state index contributed by atoms with van der Waals surface area (Å²) in [4.78, 5) is 0. The second kappa shape index (κ2) is 5.18. The third kappa shape index (κ3) is 2.05. The molecule has 21 heavy (non-hydrogen) atoms. The minimum atomic E-state index is -0.671. The molecule has 0 spiro atoms. The molecule has 0 amide bonds. The van der Waals surface area contributed by atoms with Crippen molar-refractivity contribution in [3.05, 3.63) is 34.3 Å². The number of methoxy groups -OCH3 is 1. The minimum Gasteiger partial charge on any atom is -0.492 e. The topological polar surface area (TPSA) is 31.6 Å². The summed E-state index contributed by atoms with van der Waals surface area (Å²) in [6.45, 7) is 2.08. The van der Waals surface area contributed by atoms with Crippen LogP contribution in [0.15, 0.2) is 27.1 Å². The monoisotopic (exact) mass is 356 g/mol. The number of furan rings is 1. The van der Waals surface area contributed by atoms with Gasteiger partial charge in [0.2, 0.25) is 11.6 Å². The summed E-state index contributed by atoms with van der Waals surface area (Å²) in [5.41, 5.74) is -0.0763. The first kappa shape index (κ1) is 14.1. The predicted octanol–water partition coefficient (Wildman–Crippen LogP) is 5.03. The van der Waals surface area contributed by atoms with Crippen LogP contribution >= 0.6 is 15.9 Å². The van der Waals surface area contributed by atoms with Crippen LogP contribution in [0.1, 0.15) is 6.92 Å². The summed E-state index contributed by atoms with van der Waals surface area (Å²) in [7, 11) is 1.35. The van der Waals surface area contributed by atoms with Gasteiger partial charge in [-0.05, 0) is 41.1 Å². The molecule has 0 saturated carbocycles. The van der Waals surface area contributed by atoms with Crippen LogP contribution in [-0.2, 0) is 0 Å². The van der Waals surface area contributed by atoms with Gasteiger partial charge in [-0.15, -0.1) is 0 Å². The van der Waals surface area contributed by atoms with Gasteiger partial charge < -0.3 is 13.9 Å². The van der Waals surface area contributed by atoms with Gasteiger partial charge in [-0.25, -0.2) is 0 Å². The summed E-state index contributed by atoms with van der Waals surface area (Å²) < 4.78 is 44.6. The van der Waals surface area contributed by atoms with Crippen LogP contribution in [-0.4, -0.2) is 13.7 Å². The predicted molar refractivity (Wildman–Crippen MR) is 79.1 cm³/mol. The molecule has 2 aromatic carbocycles. The highest BCUT2D eigenvalue weighted by atomic mass is 79.9. The molecule has 0 aliphatic rings. The average Bonchev–Trinajstić information content (AvgIpc) is 2.82. The molecule has 0 saturated heterocycles. The Balaban J connectivity index is 2.39. The van der Waals surface area contributed by atoms with Crippen LogP contribution in [0, 0.1) is 11.6 Å². The zero-order chi connectivity index (χ0) is 15.1. The average molecular weight is 357 g/mol. The van der Waals surface area contributed by atoms with E-state index in [4.69, 9.17) is 13.9 Å². The van der Waals surface area contributed by atoms with Gasteiger partial charge in [0.15, 0.2) is 22.7 Å². The number of ether oxygens (including phenoxy) is 2. The fraction of sp³-hybridized carbons (Fsp3) is 0.200. The Labute approximate surface area is 127 Å². The Bertz CT molecular complexity index is 842. The standard InChI is InChI=1S/C15H11BrF2O3/c1-3-20-10-5-4-7-8-6-9(16)15(19-2)12(18)14(8)21-13(7)11(10)17/h4-6H,3H2,1-2H3. The number of halogens is 3. The van der Waals surface area contributed by atoms with E-state index in [2.05, 4.69) is 15.9 Å². The number of benzene rings is 2. The molecule has 0 atom stereocenters. The van der Waals surface area contributed by atoms with Crippen LogP contribution in [0.5, 0.6) is 11.5 Å². The molecule has 0 N–H and O–H groups in total. The lowest BCUT2D eigenvalue weighted by atomic mass is 10.1. The maximum Gasteiger partial charge on any atom is 0.209 e. The lowest BCUT2D eigenvalue weighted by molar-refractivity contribution is 0.321. The summed E-state index contributed by atoms with van der Waals surface area (Å²) in [5, 5.41) is 0.949. The highest BCUT2D eigenvalue weighted by molar-refractivity contribution is 9.10. The van der Waals surface area contributed by atoms with Crippen LogP contribution in [0.4, 0.5) is 8.78 Å². The van der Waals surface area contributed by atoms with Crippen LogP contribution in [0.25, 0.3) is 21.9 Å². The van der Waals surface area contributed by atoms with Crippen molar-refractivity contribution < 1.29 is 22.7 Å². The Morgan fingerprint density at radius 3 is 2.52 bits per heavy atom. The summed E-state index contributed by atoms with van der Waals surface area (Å²) in [5.74, 6) is -1.21. The lowest BCUT2D eigenvalue weighted by Gasteiger charge is -2.04. The van der Waals surface area contributed by atoms with Crippen molar-refractivity contribution in [2.75, 3.05) is 13.7 Å². The SMILES string of the molecule is CCOc1ccc2c(oc3c(F)c(OC)c(Br)cc32)c1F. The number of hydrogen-bond acceptors (Lipinski definition) is 3. The van der Waals surface area contributed by atoms with Crippen molar-refractivity contribution in [1.29, 1.82) is 0 Å². The van der Waals surface area contributed by atoms with E-state index in [1.54, 1.807) is 19.1 Å². The van der Waals surface area contributed by atoms with E-state index in [1.165, 1.54) is 13.2 Å². The zero-order valence-electron chi connectivity index (χ0n) is 11.3. The lowest BCUT2D eigenvalue weighted by Crippen LogP contribution is -1.94. The van der Waals surface area contributed by atoms with E-state index in [1.807, 2.05) is 0 Å². The minimum absolute atomic E-state index is 0.0204. The number of rotatable bonds is 3. The number of fused-ring (bicyclic) bond motifs is 3. The molecule has 1 aromatic heterocycles. The van der Waals surface area contributed by atoms with Gasteiger partial charge in [0, 0.05) is 10.8 Å². The van der Waals surface area contributed by atoms with Gasteiger partial charge in [-0.2, -0.15) is 8.78 Å². The van der Waals surface area contributed by atoms with Gasteiger partial charge in [-0.1, -0.05) is 0 Å². The van der Waals surface area contributed by atoms with Crippen molar-refractivity contribution in [1.82, 2.24) is 0 Å². The quantitative estimate of drug-likeness (QED) is 0.659. The largest absolute Gasteiger partial charge is 0.492 e. The van der Waals surface area contributed by atoms with E-state index in [0.717, 1.165) is 0 Å². The van der Waals surface area contributed by atoms with E-state index in [-0.39, 0.29) is 22.7 Å². The maximum absolute atomic E-state index is 14.3. The Morgan fingerprint density at radius 2 is 1.86 bits per heavy atom. The van der Waals surface area contributed by atoms with Crippen molar-refractivity contribution in [3.8, 4) is 11.5 Å². The van der Waals surface area contributed by atoms with E-state index < -0.39 is 11.6 Å². The molecule has 0 radical (unpaired) electrons. The highest BCUT2D eigenvalue weighted by Crippen LogP contribution is 2.41. The molecular formula is C15H11BrF2O3. The first-order valence-corrected chi connectivity index (χ1v) is 7.07. The van der Waals surface area contributed by atoms with Crippen molar-refractivity contribution in [2.45, 2.75) is 6.92 Å². The Morgan fingerprint density at radius 1 is 1.14 bits per heavy atom. The van der Waals surface area contributed by atoms with Gasteiger partial charge in [0.05, 0.1) is 18.2 Å². The summed E-state index contributed by atoms with van der Waals surface area (Å²) in [6, 6.07) is 4.79. The number of hydrogen-bond donors (Lipinski definition) is 0. The smallest absolute Gasteiger partial charge is 0.209 e. The maximum atomic E-state index is 14.3. The van der Waals surface area contributed by atoms with Gasteiger partial charge in [0.1, 0.15) is 0 Å². The molecule has 0 bridgehead atoms. The second-order valence-corrected chi connectivity index (χ2v) is 5.23. The molecule has 3 nitrogen and oxygen atoms in total. The molecular weight excluding hydrogens is 346 g/mol. The van der Waals surface area contributed by atoms with Crippen molar-refractivity contribution in [2.24, 2.45) is 0 Å². The van der Waals surface area contributed by atoms with Crippen LogP contribution < -0.4 is 9.47 Å². The molecule has 110 valence electrons. The fourth-order valence-corrected chi connectivity index (χ4v) is 2.85. The van der Waals surface area contributed by atoms with Crippen molar-refractivity contribution in [3.63, 3.8) is 0 Å². The molecule has 6 heteroatoms. The zero-order valence-corrected chi connectivity index (χ0v) is 12.9. The Kier molecular flexibility index (Phi) is 3.49. The highest BCUT2D eigenvalue weighted by Gasteiger charge is 2.21.